The van der Waals surface area contributed by atoms with Crippen LogP contribution in [0.15, 0.2) is 107 Å². The highest BCUT2D eigenvalue weighted by Crippen LogP contribution is 2.26. The number of para-hydroxylation sites is 1. The Balaban J connectivity index is 1.49. The summed E-state index contributed by atoms with van der Waals surface area (Å²) in [6.07, 6.45) is 0. The summed E-state index contributed by atoms with van der Waals surface area (Å²) in [5.41, 5.74) is 0.812. The fourth-order valence-electron chi connectivity index (χ4n) is 3.22. The molecule has 1 amide bonds. The molecule has 0 heterocycles. The number of carbonyl (C=O) groups excluding carboxylic acids is 1. The topological polar surface area (TPSA) is 121 Å². The Morgan fingerprint density at radius 2 is 1.24 bits per heavy atom. The molecule has 12 heteroatoms. The maximum absolute atomic E-state index is 13.1. The molecule has 8 nitrogen and oxygen atoms in total. The van der Waals surface area contributed by atoms with Gasteiger partial charge in [0.1, 0.15) is 10.7 Å². The van der Waals surface area contributed by atoms with Gasteiger partial charge in [0.15, 0.2) is 0 Å². The third-order valence-electron chi connectivity index (χ3n) is 5.03. The Labute approximate surface area is 218 Å². The van der Waals surface area contributed by atoms with Gasteiger partial charge in [-0.3, -0.25) is 14.2 Å². The first-order valence-corrected chi connectivity index (χ1v) is 14.0. The van der Waals surface area contributed by atoms with Crippen molar-refractivity contribution in [3.8, 4) is 0 Å². The van der Waals surface area contributed by atoms with E-state index in [9.17, 15) is 26.0 Å². The maximum atomic E-state index is 13.1. The van der Waals surface area contributed by atoms with Crippen molar-refractivity contribution in [1.29, 1.82) is 0 Å². The van der Waals surface area contributed by atoms with Gasteiger partial charge in [0.25, 0.3) is 26.0 Å². The van der Waals surface area contributed by atoms with Crippen molar-refractivity contribution in [2.75, 3.05) is 14.8 Å². The molecule has 190 valence electrons. The minimum Gasteiger partial charge on any atom is -0.322 e. The molecule has 0 spiro atoms. The smallest absolute Gasteiger partial charge is 0.263 e. The van der Waals surface area contributed by atoms with Gasteiger partial charge in [0, 0.05) is 22.6 Å². The van der Waals surface area contributed by atoms with E-state index < -0.39 is 31.8 Å². The van der Waals surface area contributed by atoms with E-state index in [1.54, 1.807) is 30.3 Å². The molecule has 0 aliphatic heterocycles. The summed E-state index contributed by atoms with van der Waals surface area (Å²) in [6.45, 7) is 0. The van der Waals surface area contributed by atoms with E-state index in [4.69, 9.17) is 11.6 Å². The minimum atomic E-state index is -4.08. The molecule has 0 radical (unpaired) electrons. The van der Waals surface area contributed by atoms with Gasteiger partial charge in [0.2, 0.25) is 0 Å². The predicted octanol–water partition coefficient (Wildman–Crippen LogP) is 5.33. The SMILES string of the molecule is O=C(Nc1ccc(S(=O)(=O)Nc2ccc(F)cc2)cc1)c1ccc(Cl)c(S(=O)(=O)Nc2ccccc2)c1. The summed E-state index contributed by atoms with van der Waals surface area (Å²) in [5.74, 6) is -1.13. The first-order chi connectivity index (χ1) is 17.5. The number of hydrogen-bond donors (Lipinski definition) is 3. The molecule has 0 unspecified atom stereocenters. The lowest BCUT2D eigenvalue weighted by molar-refractivity contribution is 0.102. The van der Waals surface area contributed by atoms with Gasteiger partial charge in [0.05, 0.1) is 9.92 Å². The molecule has 0 bridgehead atoms. The molecular weight excluding hydrogens is 541 g/mol. The molecule has 4 rings (SSSR count). The van der Waals surface area contributed by atoms with Crippen molar-refractivity contribution < 1.29 is 26.0 Å². The van der Waals surface area contributed by atoms with E-state index in [0.717, 1.165) is 18.2 Å². The van der Waals surface area contributed by atoms with Gasteiger partial charge in [-0.1, -0.05) is 29.8 Å². The summed E-state index contributed by atoms with van der Waals surface area (Å²) in [6, 6.07) is 22.2. The number of benzene rings is 4. The van der Waals surface area contributed by atoms with Crippen LogP contribution in [0.4, 0.5) is 21.5 Å². The number of anilines is 3. The van der Waals surface area contributed by atoms with Crippen LogP contribution in [0, 0.1) is 5.82 Å². The highest BCUT2D eigenvalue weighted by atomic mass is 35.5. The lowest BCUT2D eigenvalue weighted by atomic mass is 10.2. The number of sulfonamides is 2. The summed E-state index contributed by atoms with van der Waals surface area (Å²) < 4.78 is 68.6. The number of nitrogens with one attached hydrogen (secondary N) is 3. The second kappa shape index (κ2) is 10.6. The van der Waals surface area contributed by atoms with Crippen molar-refractivity contribution in [2.45, 2.75) is 9.79 Å². The zero-order valence-corrected chi connectivity index (χ0v) is 21.2. The van der Waals surface area contributed by atoms with Crippen LogP contribution in [0.2, 0.25) is 5.02 Å². The number of hydrogen-bond acceptors (Lipinski definition) is 5. The molecule has 0 fully saturated rings. The fraction of sp³-hybridized carbons (Fsp3) is 0. The van der Waals surface area contributed by atoms with Crippen molar-refractivity contribution in [3.05, 3.63) is 113 Å². The van der Waals surface area contributed by atoms with Gasteiger partial charge in [-0.15, -0.1) is 0 Å². The Morgan fingerprint density at radius 3 is 1.89 bits per heavy atom. The van der Waals surface area contributed by atoms with Gasteiger partial charge < -0.3 is 5.32 Å². The third kappa shape index (κ3) is 6.45. The highest BCUT2D eigenvalue weighted by molar-refractivity contribution is 7.93. The second-order valence-corrected chi connectivity index (χ2v) is 11.4. The average Bonchev–Trinajstić information content (AvgIpc) is 2.86. The molecule has 0 saturated heterocycles. The number of carbonyl (C=O) groups is 1. The first-order valence-electron chi connectivity index (χ1n) is 10.6. The molecule has 3 N–H and O–H groups in total. The molecule has 0 saturated carbocycles. The maximum Gasteiger partial charge on any atom is 0.263 e. The molecule has 4 aromatic carbocycles. The summed E-state index contributed by atoms with van der Waals surface area (Å²) in [4.78, 5) is 12.4. The van der Waals surface area contributed by atoms with Crippen molar-refractivity contribution in [2.24, 2.45) is 0 Å². The molecule has 37 heavy (non-hydrogen) atoms. The van der Waals surface area contributed by atoms with Crippen LogP contribution in [-0.2, 0) is 20.0 Å². The summed E-state index contributed by atoms with van der Waals surface area (Å²) in [7, 11) is -8.03. The second-order valence-electron chi connectivity index (χ2n) is 7.71. The molecule has 0 aliphatic carbocycles. The van der Waals surface area contributed by atoms with E-state index in [-0.39, 0.29) is 31.8 Å². The monoisotopic (exact) mass is 559 g/mol. The summed E-state index contributed by atoms with van der Waals surface area (Å²) in [5, 5.41) is 2.52. The number of amides is 1. The number of rotatable bonds is 8. The van der Waals surface area contributed by atoms with E-state index in [1.165, 1.54) is 48.5 Å². The van der Waals surface area contributed by atoms with Crippen molar-refractivity contribution in [1.82, 2.24) is 0 Å². The third-order valence-corrected chi connectivity index (χ3v) is 8.29. The highest BCUT2D eigenvalue weighted by Gasteiger charge is 2.21. The zero-order chi connectivity index (χ0) is 26.6. The van der Waals surface area contributed by atoms with Crippen LogP contribution in [0.3, 0.4) is 0 Å². The Hall–Kier alpha value is -3.93. The van der Waals surface area contributed by atoms with Crippen molar-refractivity contribution >= 4 is 54.6 Å². The van der Waals surface area contributed by atoms with Gasteiger partial charge in [-0.25, -0.2) is 21.2 Å². The van der Waals surface area contributed by atoms with Crippen LogP contribution < -0.4 is 14.8 Å². The average molecular weight is 560 g/mol. The van der Waals surface area contributed by atoms with Gasteiger partial charge in [-0.05, 0) is 78.9 Å². The van der Waals surface area contributed by atoms with E-state index >= 15 is 0 Å². The van der Waals surface area contributed by atoms with Crippen LogP contribution in [0.1, 0.15) is 10.4 Å². The van der Waals surface area contributed by atoms with Crippen LogP contribution >= 0.6 is 11.6 Å². The Morgan fingerprint density at radius 1 is 0.676 bits per heavy atom. The number of halogens is 2. The predicted molar refractivity (Wildman–Crippen MR) is 140 cm³/mol. The van der Waals surface area contributed by atoms with Gasteiger partial charge in [-0.2, -0.15) is 0 Å². The van der Waals surface area contributed by atoms with E-state index in [0.29, 0.717) is 5.69 Å². The van der Waals surface area contributed by atoms with Crippen LogP contribution in [0.25, 0.3) is 0 Å². The molecule has 0 aromatic heterocycles. The molecular formula is C25H19ClFN3O5S2. The summed E-state index contributed by atoms with van der Waals surface area (Å²) >= 11 is 6.11. The molecule has 0 atom stereocenters. The molecule has 0 aliphatic rings. The largest absolute Gasteiger partial charge is 0.322 e. The van der Waals surface area contributed by atoms with Crippen LogP contribution in [-0.4, -0.2) is 22.7 Å². The van der Waals surface area contributed by atoms with E-state index in [1.807, 2.05) is 0 Å². The Bertz CT molecular complexity index is 1650. The van der Waals surface area contributed by atoms with Gasteiger partial charge >= 0.3 is 0 Å². The quantitative estimate of drug-likeness (QED) is 0.269. The first kappa shape index (κ1) is 26.1. The zero-order valence-electron chi connectivity index (χ0n) is 18.9. The van der Waals surface area contributed by atoms with Crippen LogP contribution in [0.5, 0.6) is 0 Å². The molecule has 4 aromatic rings. The lowest BCUT2D eigenvalue weighted by Crippen LogP contribution is -2.16. The lowest BCUT2D eigenvalue weighted by Gasteiger charge is -2.12. The Kier molecular flexibility index (Phi) is 7.48. The van der Waals surface area contributed by atoms with E-state index in [2.05, 4.69) is 14.8 Å². The minimum absolute atomic E-state index is 0.0208. The standard InChI is InChI=1S/C25H19ClFN3O5S2/c26-23-15-6-17(16-24(23)37(34,35)30-20-4-2-1-3-5-20)25(31)28-19-11-13-22(14-12-19)36(32,33)29-21-9-7-18(27)8-10-21/h1-16,29-30H,(H,28,31). The normalized spacial score (nSPS) is 11.5. The fourth-order valence-corrected chi connectivity index (χ4v) is 5.86. The van der Waals surface area contributed by atoms with Crippen molar-refractivity contribution in [3.63, 3.8) is 0 Å².